The van der Waals surface area contributed by atoms with E-state index in [9.17, 15) is 0 Å². The minimum atomic E-state index is 0.378. The van der Waals surface area contributed by atoms with Gasteiger partial charge in [-0.3, -0.25) is 4.90 Å². The molecule has 0 aliphatic heterocycles. The van der Waals surface area contributed by atoms with Gasteiger partial charge in [-0.1, -0.05) is 0 Å². The Bertz CT molecular complexity index is 353. The molecule has 1 fully saturated rings. The maximum Gasteiger partial charge on any atom is 0.121 e. The Kier molecular flexibility index (Phi) is 3.08. The van der Waals surface area contributed by atoms with E-state index < -0.39 is 0 Å². The molecule has 0 bridgehead atoms. The average molecular weight is 222 g/mol. The highest BCUT2D eigenvalue weighted by Gasteiger charge is 2.51. The van der Waals surface area contributed by atoms with E-state index in [0.717, 1.165) is 18.1 Å². The predicted molar refractivity (Wildman–Crippen MR) is 65.5 cm³/mol. The lowest BCUT2D eigenvalue weighted by atomic mass is 9.93. The van der Waals surface area contributed by atoms with E-state index in [4.69, 9.17) is 4.42 Å². The molecule has 0 radical (unpaired) electrons. The maximum atomic E-state index is 5.81. The smallest absolute Gasteiger partial charge is 0.121 e. The summed E-state index contributed by atoms with van der Waals surface area (Å²) in [6.45, 7) is 3.07. The fourth-order valence-corrected chi connectivity index (χ4v) is 2.76. The van der Waals surface area contributed by atoms with Crippen LogP contribution in [-0.2, 0) is 0 Å². The summed E-state index contributed by atoms with van der Waals surface area (Å²) in [5.41, 5.74) is 0.378. The van der Waals surface area contributed by atoms with E-state index in [1.54, 1.807) is 0 Å². The molecule has 0 aromatic carbocycles. The number of nitrogens with zero attached hydrogens (tertiary/aromatic N) is 1. The zero-order valence-electron chi connectivity index (χ0n) is 10.7. The van der Waals surface area contributed by atoms with Crippen molar-refractivity contribution in [2.75, 3.05) is 27.7 Å². The van der Waals surface area contributed by atoms with E-state index >= 15 is 0 Å². The summed E-state index contributed by atoms with van der Waals surface area (Å²) in [7, 11) is 6.30. The minimum absolute atomic E-state index is 0.378. The topological polar surface area (TPSA) is 28.4 Å². The molecule has 0 saturated heterocycles. The Morgan fingerprint density at radius 2 is 2.12 bits per heavy atom. The average Bonchev–Trinajstić information content (AvgIpc) is 2.83. The largest absolute Gasteiger partial charge is 0.465 e. The molecule has 3 heteroatoms. The first-order valence-electron chi connectivity index (χ1n) is 5.96. The zero-order chi connectivity index (χ0) is 11.8. The van der Waals surface area contributed by atoms with Crippen LogP contribution in [-0.4, -0.2) is 32.6 Å². The Morgan fingerprint density at radius 1 is 1.44 bits per heavy atom. The molecule has 1 saturated carbocycles. The Balaban J connectivity index is 2.24. The fourth-order valence-electron chi connectivity index (χ4n) is 2.76. The summed E-state index contributed by atoms with van der Waals surface area (Å²) in [6, 6.07) is 4.57. The third-order valence-electron chi connectivity index (χ3n) is 3.55. The fraction of sp³-hybridized carbons (Fsp3) is 0.692. The summed E-state index contributed by atoms with van der Waals surface area (Å²) < 4.78 is 5.81. The molecule has 1 aliphatic rings. The van der Waals surface area contributed by atoms with Gasteiger partial charge in [-0.2, -0.15) is 0 Å². The Morgan fingerprint density at radius 3 is 2.50 bits per heavy atom. The van der Waals surface area contributed by atoms with E-state index in [1.807, 2.05) is 14.0 Å². The number of nitrogens with one attached hydrogen (secondary N) is 1. The van der Waals surface area contributed by atoms with Gasteiger partial charge in [0, 0.05) is 12.0 Å². The quantitative estimate of drug-likeness (QED) is 0.828. The van der Waals surface area contributed by atoms with Gasteiger partial charge >= 0.3 is 0 Å². The van der Waals surface area contributed by atoms with Crippen LogP contribution in [0.5, 0.6) is 0 Å². The van der Waals surface area contributed by atoms with Crippen LogP contribution in [0.25, 0.3) is 0 Å². The molecule has 0 spiro atoms. The molecule has 1 N–H and O–H groups in total. The van der Waals surface area contributed by atoms with Gasteiger partial charge in [-0.05, 0) is 53.0 Å². The van der Waals surface area contributed by atoms with Crippen LogP contribution in [0.3, 0.4) is 0 Å². The summed E-state index contributed by atoms with van der Waals surface area (Å²) in [5.74, 6) is 2.11. The van der Waals surface area contributed by atoms with Gasteiger partial charge in [0.15, 0.2) is 0 Å². The monoisotopic (exact) mass is 222 g/mol. The van der Waals surface area contributed by atoms with Crippen molar-refractivity contribution < 1.29 is 4.42 Å². The van der Waals surface area contributed by atoms with Crippen molar-refractivity contribution in [3.8, 4) is 0 Å². The van der Waals surface area contributed by atoms with Gasteiger partial charge in [-0.25, -0.2) is 0 Å². The summed E-state index contributed by atoms with van der Waals surface area (Å²) in [4.78, 5) is 2.28. The van der Waals surface area contributed by atoms with Crippen LogP contribution in [0, 0.1) is 12.3 Å². The van der Waals surface area contributed by atoms with Gasteiger partial charge in [0.1, 0.15) is 11.5 Å². The number of hydrogen-bond donors (Lipinski definition) is 1. The molecule has 1 atom stereocenters. The van der Waals surface area contributed by atoms with Crippen molar-refractivity contribution in [1.29, 1.82) is 0 Å². The number of rotatable bonds is 5. The lowest BCUT2D eigenvalue weighted by molar-refractivity contribution is 0.163. The van der Waals surface area contributed by atoms with E-state index in [0.29, 0.717) is 11.5 Å². The predicted octanol–water partition coefficient (Wildman–Crippen LogP) is 2.19. The number of hydrogen-bond acceptors (Lipinski definition) is 3. The molecular weight excluding hydrogens is 200 g/mol. The first-order valence-corrected chi connectivity index (χ1v) is 5.96. The van der Waals surface area contributed by atoms with Crippen molar-refractivity contribution in [1.82, 2.24) is 10.2 Å². The first-order chi connectivity index (χ1) is 7.59. The molecule has 3 nitrogen and oxygen atoms in total. The van der Waals surface area contributed by atoms with E-state index in [2.05, 4.69) is 36.4 Å². The molecule has 90 valence electrons. The van der Waals surface area contributed by atoms with Crippen molar-refractivity contribution in [3.05, 3.63) is 23.7 Å². The second-order valence-corrected chi connectivity index (χ2v) is 5.21. The van der Waals surface area contributed by atoms with Crippen LogP contribution in [0.1, 0.15) is 30.4 Å². The van der Waals surface area contributed by atoms with Crippen molar-refractivity contribution in [2.45, 2.75) is 25.8 Å². The summed E-state index contributed by atoms with van der Waals surface area (Å²) >= 11 is 0. The van der Waals surface area contributed by atoms with Crippen molar-refractivity contribution in [3.63, 3.8) is 0 Å². The number of furan rings is 1. The molecule has 2 rings (SSSR count). The van der Waals surface area contributed by atoms with Crippen LogP contribution in [0.15, 0.2) is 16.5 Å². The zero-order valence-corrected chi connectivity index (χ0v) is 10.7. The highest BCUT2D eigenvalue weighted by molar-refractivity contribution is 5.17. The van der Waals surface area contributed by atoms with Gasteiger partial charge in [0.05, 0.1) is 6.04 Å². The SMILES string of the molecule is CNCC1(C(c2ccc(C)o2)N(C)C)CC1. The molecular formula is C13H22N2O. The standard InChI is InChI=1S/C13H22N2O/c1-10-5-6-11(16-10)12(15(3)4)13(7-8-13)9-14-2/h5-6,12,14H,7-9H2,1-4H3. The molecule has 1 aliphatic carbocycles. The van der Waals surface area contributed by atoms with Crippen LogP contribution in [0.4, 0.5) is 0 Å². The second kappa shape index (κ2) is 4.22. The molecule has 1 unspecified atom stereocenters. The molecule has 0 amide bonds. The second-order valence-electron chi connectivity index (χ2n) is 5.21. The first kappa shape index (κ1) is 11.7. The Hall–Kier alpha value is -0.800. The molecule has 1 aromatic rings. The molecule has 1 heterocycles. The third-order valence-corrected chi connectivity index (χ3v) is 3.55. The van der Waals surface area contributed by atoms with Crippen LogP contribution in [0.2, 0.25) is 0 Å². The maximum absolute atomic E-state index is 5.81. The summed E-state index contributed by atoms with van der Waals surface area (Å²) in [5, 5.41) is 3.31. The normalized spacial score (nSPS) is 20.1. The van der Waals surface area contributed by atoms with Gasteiger partial charge in [-0.15, -0.1) is 0 Å². The van der Waals surface area contributed by atoms with E-state index in [-0.39, 0.29) is 0 Å². The van der Waals surface area contributed by atoms with E-state index in [1.165, 1.54) is 12.8 Å². The number of aryl methyl sites for hydroxylation is 1. The lowest BCUT2D eigenvalue weighted by Crippen LogP contribution is -2.34. The van der Waals surface area contributed by atoms with Gasteiger partial charge in [0.2, 0.25) is 0 Å². The lowest BCUT2D eigenvalue weighted by Gasteiger charge is -2.31. The van der Waals surface area contributed by atoms with Crippen LogP contribution >= 0.6 is 0 Å². The Labute approximate surface area is 97.8 Å². The third kappa shape index (κ3) is 2.02. The highest BCUT2D eigenvalue weighted by Crippen LogP contribution is 2.56. The van der Waals surface area contributed by atoms with Gasteiger partial charge < -0.3 is 9.73 Å². The van der Waals surface area contributed by atoms with Crippen molar-refractivity contribution in [2.24, 2.45) is 5.41 Å². The molecule has 1 aromatic heterocycles. The van der Waals surface area contributed by atoms with Crippen molar-refractivity contribution >= 4 is 0 Å². The highest BCUT2D eigenvalue weighted by atomic mass is 16.3. The van der Waals surface area contributed by atoms with Crippen LogP contribution < -0.4 is 5.32 Å². The summed E-state index contributed by atoms with van der Waals surface area (Å²) in [6.07, 6.45) is 2.58. The molecule has 16 heavy (non-hydrogen) atoms. The van der Waals surface area contributed by atoms with Gasteiger partial charge in [0.25, 0.3) is 0 Å². The minimum Gasteiger partial charge on any atom is -0.465 e.